The fourth-order valence-corrected chi connectivity index (χ4v) is 1.90. The molecule has 0 amide bonds. The first kappa shape index (κ1) is 11.3. The van der Waals surface area contributed by atoms with Crippen molar-refractivity contribution < 1.29 is 9.47 Å². The number of hydrogen-bond acceptors (Lipinski definition) is 2. The molecule has 82 valence electrons. The van der Waals surface area contributed by atoms with Crippen LogP contribution in [-0.2, 0) is 0 Å². The summed E-state index contributed by atoms with van der Waals surface area (Å²) in [6.07, 6.45) is 0. The number of ether oxygens (including phenoxy) is 2. The van der Waals surface area contributed by atoms with Crippen LogP contribution in [0.2, 0.25) is 0 Å². The lowest BCUT2D eigenvalue weighted by atomic mass is 10.3. The fraction of sp³-hybridized carbons (Fsp3) is 0.0769. The maximum absolute atomic E-state index is 5.75. The predicted molar refractivity (Wildman–Crippen MR) is 72.2 cm³/mol. The van der Waals surface area contributed by atoms with Crippen molar-refractivity contribution in [2.24, 2.45) is 0 Å². The van der Waals surface area contributed by atoms with Crippen molar-refractivity contribution in [3.8, 4) is 17.2 Å². The lowest BCUT2D eigenvalue weighted by Gasteiger charge is -2.08. The number of benzene rings is 2. The average molecular weight is 326 g/mol. The Morgan fingerprint density at radius 1 is 0.938 bits per heavy atom. The van der Waals surface area contributed by atoms with Crippen molar-refractivity contribution in [2.75, 3.05) is 7.11 Å². The van der Waals surface area contributed by atoms with Gasteiger partial charge in [0.15, 0.2) is 0 Å². The molecule has 0 unspecified atom stereocenters. The summed E-state index contributed by atoms with van der Waals surface area (Å²) in [4.78, 5) is 0. The van der Waals surface area contributed by atoms with Crippen LogP contribution in [0.3, 0.4) is 0 Å². The zero-order valence-corrected chi connectivity index (χ0v) is 11.0. The summed E-state index contributed by atoms with van der Waals surface area (Å²) in [5, 5.41) is 0. The molecular formula is C13H11IO2. The Hall–Kier alpha value is -1.23. The Morgan fingerprint density at radius 3 is 2.31 bits per heavy atom. The molecule has 0 aliphatic heterocycles. The zero-order valence-electron chi connectivity index (χ0n) is 8.81. The van der Waals surface area contributed by atoms with E-state index >= 15 is 0 Å². The topological polar surface area (TPSA) is 18.5 Å². The van der Waals surface area contributed by atoms with Crippen LogP contribution in [0.25, 0.3) is 0 Å². The summed E-state index contributed by atoms with van der Waals surface area (Å²) in [5.74, 6) is 2.52. The molecule has 16 heavy (non-hydrogen) atoms. The van der Waals surface area contributed by atoms with Gasteiger partial charge in [0.1, 0.15) is 17.2 Å². The Balaban J connectivity index is 2.22. The molecule has 0 N–H and O–H groups in total. The van der Waals surface area contributed by atoms with Crippen molar-refractivity contribution >= 4 is 22.6 Å². The maximum atomic E-state index is 5.75. The minimum absolute atomic E-state index is 0.838. The van der Waals surface area contributed by atoms with Gasteiger partial charge in [-0.05, 0) is 52.9 Å². The van der Waals surface area contributed by atoms with Gasteiger partial charge in [0, 0.05) is 0 Å². The third kappa shape index (κ3) is 2.66. The Morgan fingerprint density at radius 2 is 1.69 bits per heavy atom. The molecule has 0 aromatic heterocycles. The highest BCUT2D eigenvalue weighted by molar-refractivity contribution is 14.1. The molecule has 0 fully saturated rings. The van der Waals surface area contributed by atoms with Crippen LogP contribution in [0.5, 0.6) is 17.2 Å². The molecule has 0 aliphatic carbocycles. The number of halogens is 1. The highest BCUT2D eigenvalue weighted by Gasteiger charge is 2.03. The molecule has 2 aromatic rings. The number of para-hydroxylation sites is 1. The molecule has 0 saturated heterocycles. The Kier molecular flexibility index (Phi) is 3.66. The summed E-state index contributed by atoms with van der Waals surface area (Å²) in [6, 6.07) is 15.5. The first-order valence-electron chi connectivity index (χ1n) is 4.86. The third-order valence-electron chi connectivity index (χ3n) is 2.11. The van der Waals surface area contributed by atoms with Gasteiger partial charge in [0.25, 0.3) is 0 Å². The predicted octanol–water partition coefficient (Wildman–Crippen LogP) is 4.09. The van der Waals surface area contributed by atoms with Crippen LogP contribution in [-0.4, -0.2) is 7.11 Å². The normalized spacial score (nSPS) is 9.88. The van der Waals surface area contributed by atoms with Crippen LogP contribution >= 0.6 is 22.6 Å². The van der Waals surface area contributed by atoms with Crippen molar-refractivity contribution in [3.05, 3.63) is 52.1 Å². The lowest BCUT2D eigenvalue weighted by Crippen LogP contribution is -1.89. The highest BCUT2D eigenvalue weighted by Crippen LogP contribution is 2.29. The van der Waals surface area contributed by atoms with Gasteiger partial charge < -0.3 is 9.47 Å². The molecular weight excluding hydrogens is 315 g/mol. The molecule has 2 aromatic carbocycles. The zero-order chi connectivity index (χ0) is 11.4. The van der Waals surface area contributed by atoms with E-state index in [1.807, 2.05) is 48.5 Å². The second-order valence-electron chi connectivity index (χ2n) is 3.21. The fourth-order valence-electron chi connectivity index (χ4n) is 1.31. The van der Waals surface area contributed by atoms with Gasteiger partial charge in [0.05, 0.1) is 10.7 Å². The molecule has 3 heteroatoms. The third-order valence-corrected chi connectivity index (χ3v) is 2.95. The first-order valence-corrected chi connectivity index (χ1v) is 5.94. The summed E-state index contributed by atoms with van der Waals surface area (Å²) < 4.78 is 11.9. The smallest absolute Gasteiger partial charge is 0.141 e. The molecule has 0 aliphatic rings. The van der Waals surface area contributed by atoms with E-state index in [-0.39, 0.29) is 0 Å². The minimum Gasteiger partial charge on any atom is -0.497 e. The second-order valence-corrected chi connectivity index (χ2v) is 4.37. The molecule has 0 heterocycles. The van der Waals surface area contributed by atoms with Crippen molar-refractivity contribution in [3.63, 3.8) is 0 Å². The number of methoxy groups -OCH3 is 1. The SMILES string of the molecule is COc1ccc(Oc2ccccc2)c(I)c1. The van der Waals surface area contributed by atoms with Crippen molar-refractivity contribution in [1.29, 1.82) is 0 Å². The Bertz CT molecular complexity index is 469. The summed E-state index contributed by atoms with van der Waals surface area (Å²) in [7, 11) is 1.66. The van der Waals surface area contributed by atoms with Crippen LogP contribution < -0.4 is 9.47 Å². The molecule has 0 atom stereocenters. The van der Waals surface area contributed by atoms with E-state index < -0.39 is 0 Å². The van der Waals surface area contributed by atoms with E-state index in [0.717, 1.165) is 20.8 Å². The molecule has 0 bridgehead atoms. The van der Waals surface area contributed by atoms with Gasteiger partial charge >= 0.3 is 0 Å². The summed E-state index contributed by atoms with van der Waals surface area (Å²) in [6.45, 7) is 0. The minimum atomic E-state index is 0.838. The van der Waals surface area contributed by atoms with Gasteiger partial charge in [-0.3, -0.25) is 0 Å². The second kappa shape index (κ2) is 5.21. The first-order chi connectivity index (χ1) is 7.79. The average Bonchev–Trinajstić information content (AvgIpc) is 2.33. The van der Waals surface area contributed by atoms with Gasteiger partial charge in [-0.25, -0.2) is 0 Å². The monoisotopic (exact) mass is 326 g/mol. The van der Waals surface area contributed by atoms with E-state index in [1.54, 1.807) is 7.11 Å². The lowest BCUT2D eigenvalue weighted by molar-refractivity contribution is 0.412. The van der Waals surface area contributed by atoms with Gasteiger partial charge in [0.2, 0.25) is 0 Å². The van der Waals surface area contributed by atoms with Crippen molar-refractivity contribution in [2.45, 2.75) is 0 Å². The van der Waals surface area contributed by atoms with Crippen LogP contribution in [0, 0.1) is 3.57 Å². The molecule has 0 spiro atoms. The van der Waals surface area contributed by atoms with Crippen LogP contribution in [0.1, 0.15) is 0 Å². The summed E-state index contributed by atoms with van der Waals surface area (Å²) in [5.41, 5.74) is 0. The number of hydrogen-bond donors (Lipinski definition) is 0. The summed E-state index contributed by atoms with van der Waals surface area (Å²) >= 11 is 2.23. The van der Waals surface area contributed by atoms with Crippen molar-refractivity contribution in [1.82, 2.24) is 0 Å². The van der Waals surface area contributed by atoms with Gasteiger partial charge in [-0.15, -0.1) is 0 Å². The van der Waals surface area contributed by atoms with Gasteiger partial charge in [-0.1, -0.05) is 18.2 Å². The van der Waals surface area contributed by atoms with E-state index in [0.29, 0.717) is 0 Å². The molecule has 0 radical (unpaired) electrons. The van der Waals surface area contributed by atoms with Gasteiger partial charge in [-0.2, -0.15) is 0 Å². The molecule has 2 rings (SSSR count). The van der Waals surface area contributed by atoms with Crippen LogP contribution in [0.4, 0.5) is 0 Å². The standard InChI is InChI=1S/C13H11IO2/c1-15-11-7-8-13(12(14)9-11)16-10-5-3-2-4-6-10/h2-9H,1H3. The van der Waals surface area contributed by atoms with E-state index in [9.17, 15) is 0 Å². The van der Waals surface area contributed by atoms with Crippen LogP contribution in [0.15, 0.2) is 48.5 Å². The molecule has 0 saturated carbocycles. The van der Waals surface area contributed by atoms with E-state index in [1.165, 1.54) is 0 Å². The quantitative estimate of drug-likeness (QED) is 0.791. The number of rotatable bonds is 3. The van der Waals surface area contributed by atoms with E-state index in [4.69, 9.17) is 9.47 Å². The Labute approximate surface area is 108 Å². The van der Waals surface area contributed by atoms with E-state index in [2.05, 4.69) is 22.6 Å². The highest BCUT2D eigenvalue weighted by atomic mass is 127. The molecule has 2 nitrogen and oxygen atoms in total. The largest absolute Gasteiger partial charge is 0.497 e. The maximum Gasteiger partial charge on any atom is 0.141 e.